The Hall–Kier alpha value is -2.05. The van der Waals surface area contributed by atoms with Gasteiger partial charge in [0.2, 0.25) is 0 Å². The van der Waals surface area contributed by atoms with Crippen molar-refractivity contribution in [3.8, 4) is 0 Å². The molecule has 0 aliphatic heterocycles. The molecule has 0 heterocycles. The molecule has 0 aliphatic carbocycles. The lowest BCUT2D eigenvalue weighted by Gasteiger charge is -2.21. The number of hydrogen-bond acceptors (Lipinski definition) is 3. The lowest BCUT2D eigenvalue weighted by Crippen LogP contribution is -2.28. The summed E-state index contributed by atoms with van der Waals surface area (Å²) in [5.41, 5.74) is -1.37. The van der Waals surface area contributed by atoms with Crippen LogP contribution in [0.25, 0.3) is 0 Å². The molecule has 4 nitrogen and oxygen atoms in total. The van der Waals surface area contributed by atoms with E-state index < -0.39 is 59.3 Å². The number of benzene rings is 1. The number of carbonyl (C=O) groups excluding carboxylic acids is 1. The van der Waals surface area contributed by atoms with Crippen molar-refractivity contribution in [3.63, 3.8) is 0 Å². The molecule has 0 unspecified atom stereocenters. The summed E-state index contributed by atoms with van der Waals surface area (Å²) in [6.07, 6.45) is -1.12. The van der Waals surface area contributed by atoms with Crippen LogP contribution in [0.2, 0.25) is 0 Å². The highest BCUT2D eigenvalue weighted by atomic mass is 19.1. The van der Waals surface area contributed by atoms with Gasteiger partial charge in [-0.25, -0.2) is 13.2 Å². The molecule has 0 fully saturated rings. The molecule has 0 spiro atoms. The average Bonchev–Trinajstić information content (AvgIpc) is 2.29. The topological polar surface area (TPSA) is 63.6 Å². The first-order valence-electron chi connectivity index (χ1n) is 6.57. The zero-order valence-corrected chi connectivity index (χ0v) is 12.5. The van der Waals surface area contributed by atoms with Crippen LogP contribution < -0.4 is 0 Å². The van der Waals surface area contributed by atoms with Crippen molar-refractivity contribution in [2.24, 2.45) is 5.92 Å². The number of esters is 1. The third kappa shape index (κ3) is 5.38. The molecular formula is C15H17F3O4. The van der Waals surface area contributed by atoms with Gasteiger partial charge >= 0.3 is 11.9 Å². The second kappa shape index (κ2) is 6.81. The Bertz CT molecular complexity index is 556. The minimum atomic E-state index is -1.39. The van der Waals surface area contributed by atoms with Crippen LogP contribution in [-0.2, 0) is 20.7 Å². The van der Waals surface area contributed by atoms with E-state index in [9.17, 15) is 22.8 Å². The van der Waals surface area contributed by atoms with Crippen molar-refractivity contribution in [1.29, 1.82) is 0 Å². The predicted octanol–water partition coefficient (Wildman–Crippen LogP) is 3.08. The van der Waals surface area contributed by atoms with E-state index >= 15 is 0 Å². The van der Waals surface area contributed by atoms with Crippen LogP contribution in [0.15, 0.2) is 12.1 Å². The van der Waals surface area contributed by atoms with Crippen molar-refractivity contribution in [2.75, 3.05) is 0 Å². The van der Waals surface area contributed by atoms with Gasteiger partial charge in [-0.3, -0.25) is 9.59 Å². The van der Waals surface area contributed by atoms with Gasteiger partial charge in [0, 0.05) is 17.7 Å². The van der Waals surface area contributed by atoms with E-state index in [1.807, 2.05) is 0 Å². The summed E-state index contributed by atoms with van der Waals surface area (Å²) >= 11 is 0. The Labute approximate surface area is 125 Å². The lowest BCUT2D eigenvalue weighted by atomic mass is 9.95. The minimum absolute atomic E-state index is 0.463. The number of carboxylic acid groups (broad SMARTS) is 1. The molecule has 0 radical (unpaired) electrons. The molecule has 0 bridgehead atoms. The maximum absolute atomic E-state index is 13.6. The van der Waals surface area contributed by atoms with Gasteiger partial charge in [0.1, 0.15) is 23.1 Å². The van der Waals surface area contributed by atoms with Crippen molar-refractivity contribution in [3.05, 3.63) is 35.1 Å². The molecule has 7 heteroatoms. The third-order valence-corrected chi connectivity index (χ3v) is 2.74. The molecule has 0 aliphatic rings. The minimum Gasteiger partial charge on any atom is -0.481 e. The first kappa shape index (κ1) is 18.0. The zero-order chi connectivity index (χ0) is 17.1. The monoisotopic (exact) mass is 318 g/mol. The second-order valence-electron chi connectivity index (χ2n) is 5.88. The SMILES string of the molecule is CC(C)(C)OC(=O)C[C@@H](Cc1c(F)cc(F)cc1F)C(=O)O. The summed E-state index contributed by atoms with van der Waals surface area (Å²) in [5.74, 6) is -7.03. The fourth-order valence-corrected chi connectivity index (χ4v) is 1.84. The van der Waals surface area contributed by atoms with Crippen LogP contribution in [0.3, 0.4) is 0 Å². The van der Waals surface area contributed by atoms with E-state index in [4.69, 9.17) is 9.84 Å². The van der Waals surface area contributed by atoms with Crippen LogP contribution in [0.5, 0.6) is 0 Å². The maximum atomic E-state index is 13.6. The molecule has 22 heavy (non-hydrogen) atoms. The molecule has 0 aromatic heterocycles. The van der Waals surface area contributed by atoms with Gasteiger partial charge in [-0.1, -0.05) is 0 Å². The van der Waals surface area contributed by atoms with Gasteiger partial charge in [-0.2, -0.15) is 0 Å². The van der Waals surface area contributed by atoms with Crippen molar-refractivity contribution >= 4 is 11.9 Å². The van der Waals surface area contributed by atoms with E-state index in [2.05, 4.69) is 0 Å². The maximum Gasteiger partial charge on any atom is 0.307 e. The van der Waals surface area contributed by atoms with Gasteiger partial charge < -0.3 is 9.84 Å². The van der Waals surface area contributed by atoms with Crippen LogP contribution >= 0.6 is 0 Å². The molecule has 1 atom stereocenters. The van der Waals surface area contributed by atoms with Crippen molar-refractivity contribution in [1.82, 2.24) is 0 Å². The van der Waals surface area contributed by atoms with Crippen molar-refractivity contribution < 1.29 is 32.6 Å². The zero-order valence-electron chi connectivity index (χ0n) is 12.5. The first-order valence-corrected chi connectivity index (χ1v) is 6.57. The number of carboxylic acids is 1. The summed E-state index contributed by atoms with van der Waals surface area (Å²) in [6.45, 7) is 4.83. The Morgan fingerprint density at radius 1 is 1.18 bits per heavy atom. The standard InChI is InChI=1S/C15H17F3O4/c1-15(2,3)22-13(19)5-8(14(20)21)4-10-11(17)6-9(16)7-12(10)18/h6-8H,4-5H2,1-3H3,(H,20,21)/t8-/m1/s1. The smallest absolute Gasteiger partial charge is 0.307 e. The average molecular weight is 318 g/mol. The third-order valence-electron chi connectivity index (χ3n) is 2.74. The number of halogens is 3. The van der Waals surface area contributed by atoms with E-state index in [1.54, 1.807) is 20.8 Å². The van der Waals surface area contributed by atoms with Crippen LogP contribution in [0.1, 0.15) is 32.8 Å². The Morgan fingerprint density at radius 3 is 2.09 bits per heavy atom. The van der Waals surface area contributed by atoms with Crippen LogP contribution in [-0.4, -0.2) is 22.6 Å². The molecule has 1 aromatic rings. The molecular weight excluding hydrogens is 301 g/mol. The van der Waals surface area contributed by atoms with Crippen molar-refractivity contribution in [2.45, 2.75) is 39.2 Å². The van der Waals surface area contributed by atoms with Gasteiger partial charge in [0.25, 0.3) is 0 Å². The number of rotatable bonds is 5. The fourth-order valence-electron chi connectivity index (χ4n) is 1.84. The molecule has 0 saturated carbocycles. The van der Waals surface area contributed by atoms with E-state index in [0.29, 0.717) is 12.1 Å². The predicted molar refractivity (Wildman–Crippen MR) is 71.6 cm³/mol. The van der Waals surface area contributed by atoms with Crippen LogP contribution in [0, 0.1) is 23.4 Å². The summed E-state index contributed by atoms with van der Waals surface area (Å²) < 4.78 is 44.9. The molecule has 1 rings (SSSR count). The largest absolute Gasteiger partial charge is 0.481 e. The van der Waals surface area contributed by atoms with E-state index in [-0.39, 0.29) is 0 Å². The fraction of sp³-hybridized carbons (Fsp3) is 0.467. The normalized spacial score (nSPS) is 12.8. The molecule has 1 aromatic carbocycles. The highest BCUT2D eigenvalue weighted by Crippen LogP contribution is 2.21. The Kier molecular flexibility index (Phi) is 5.57. The Morgan fingerprint density at radius 2 is 1.68 bits per heavy atom. The summed E-state index contributed by atoms with van der Waals surface area (Å²) in [6, 6.07) is 0.926. The summed E-state index contributed by atoms with van der Waals surface area (Å²) in [7, 11) is 0. The lowest BCUT2D eigenvalue weighted by molar-refractivity contribution is -0.159. The molecule has 1 N–H and O–H groups in total. The Balaban J connectivity index is 2.90. The molecule has 0 saturated heterocycles. The number of carbonyl (C=O) groups is 2. The van der Waals surface area contributed by atoms with E-state index in [1.165, 1.54) is 0 Å². The van der Waals surface area contributed by atoms with Crippen LogP contribution in [0.4, 0.5) is 13.2 Å². The quantitative estimate of drug-likeness (QED) is 0.848. The second-order valence-corrected chi connectivity index (χ2v) is 5.88. The summed E-state index contributed by atoms with van der Waals surface area (Å²) in [4.78, 5) is 22.8. The molecule has 0 amide bonds. The van der Waals surface area contributed by atoms with E-state index in [0.717, 1.165) is 0 Å². The number of ether oxygens (including phenoxy) is 1. The van der Waals surface area contributed by atoms with Gasteiger partial charge in [0.05, 0.1) is 12.3 Å². The number of aliphatic carboxylic acids is 1. The molecule has 122 valence electrons. The highest BCUT2D eigenvalue weighted by Gasteiger charge is 2.27. The van der Waals surface area contributed by atoms with Gasteiger partial charge in [-0.05, 0) is 27.2 Å². The first-order chi connectivity index (χ1) is 9.99. The van der Waals surface area contributed by atoms with Gasteiger partial charge in [-0.15, -0.1) is 0 Å². The summed E-state index contributed by atoms with van der Waals surface area (Å²) in [5, 5.41) is 9.09. The number of hydrogen-bond donors (Lipinski definition) is 1. The van der Waals surface area contributed by atoms with Gasteiger partial charge in [0.15, 0.2) is 0 Å². The highest BCUT2D eigenvalue weighted by molar-refractivity contribution is 5.79.